The molecule has 5 rings (SSSR count). The Kier molecular flexibility index (Phi) is 6.37. The van der Waals surface area contributed by atoms with Gasteiger partial charge in [0.2, 0.25) is 5.92 Å². The van der Waals surface area contributed by atoms with E-state index in [9.17, 15) is 27.8 Å². The van der Waals surface area contributed by atoms with Gasteiger partial charge in [0.25, 0.3) is 0 Å². The molecule has 34 heavy (non-hydrogen) atoms. The third kappa shape index (κ3) is 4.82. The van der Waals surface area contributed by atoms with Crippen LogP contribution in [0.1, 0.15) is 61.1 Å². The third-order valence-electron chi connectivity index (χ3n) is 7.41. The molecule has 6 nitrogen and oxygen atoms in total. The number of thiazole rings is 1. The third-order valence-corrected chi connectivity index (χ3v) is 10.4. The minimum Gasteiger partial charge on any atom is -0.481 e. The molecule has 0 bridgehead atoms. The molecule has 2 aliphatic carbocycles. The van der Waals surface area contributed by atoms with Crippen molar-refractivity contribution in [1.82, 2.24) is 4.98 Å². The van der Waals surface area contributed by atoms with Gasteiger partial charge in [-0.2, -0.15) is 10.6 Å². The number of carbonyl (C=O) groups is 1. The van der Waals surface area contributed by atoms with E-state index in [-0.39, 0.29) is 24.7 Å². The number of rotatable bonds is 5. The number of aliphatic carboxylic acids is 1. The van der Waals surface area contributed by atoms with Gasteiger partial charge in [-0.15, -0.1) is 11.3 Å². The van der Waals surface area contributed by atoms with Crippen LogP contribution in [0.4, 0.5) is 14.5 Å². The van der Waals surface area contributed by atoms with Gasteiger partial charge < -0.3 is 10.0 Å². The first-order chi connectivity index (χ1) is 16.1. The summed E-state index contributed by atoms with van der Waals surface area (Å²) >= 11 is 1.43. The zero-order valence-corrected chi connectivity index (χ0v) is 20.5. The van der Waals surface area contributed by atoms with Gasteiger partial charge in [-0.1, -0.05) is 25.0 Å². The van der Waals surface area contributed by atoms with Gasteiger partial charge in [-0.3, -0.25) is 13.9 Å². The van der Waals surface area contributed by atoms with Crippen LogP contribution in [0.15, 0.2) is 24.3 Å². The fourth-order valence-corrected chi connectivity index (χ4v) is 7.85. The zero-order valence-electron chi connectivity index (χ0n) is 18.8. The van der Waals surface area contributed by atoms with Crippen molar-refractivity contribution >= 4 is 33.6 Å². The van der Waals surface area contributed by atoms with Gasteiger partial charge in [0.05, 0.1) is 33.0 Å². The summed E-state index contributed by atoms with van der Waals surface area (Å²) in [6.07, 6.45) is 2.78. The van der Waals surface area contributed by atoms with Crippen LogP contribution in [0.3, 0.4) is 0 Å². The summed E-state index contributed by atoms with van der Waals surface area (Å²) in [5.41, 5.74) is 2.66. The first-order valence-electron chi connectivity index (χ1n) is 11.8. The molecule has 3 fully saturated rings. The van der Waals surface area contributed by atoms with E-state index in [0.29, 0.717) is 36.0 Å². The van der Waals surface area contributed by atoms with Crippen molar-refractivity contribution in [2.24, 2.45) is 5.92 Å². The number of benzene rings is 1. The molecule has 1 aromatic heterocycles. The Hall–Kier alpha value is -1.75. The van der Waals surface area contributed by atoms with E-state index in [1.807, 2.05) is 24.3 Å². The van der Waals surface area contributed by atoms with Gasteiger partial charge in [-0.25, -0.2) is 13.8 Å². The molecule has 0 unspecified atom stereocenters. The maximum absolute atomic E-state index is 13.6. The fourth-order valence-electron chi connectivity index (χ4n) is 5.38. The Balaban J connectivity index is 1.45. The molecule has 0 spiro atoms. The van der Waals surface area contributed by atoms with E-state index in [4.69, 9.17) is 4.98 Å². The summed E-state index contributed by atoms with van der Waals surface area (Å²) in [6.45, 7) is 1.16. The number of carboxylic acid groups (broad SMARTS) is 1. The molecule has 2 heterocycles. The van der Waals surface area contributed by atoms with Gasteiger partial charge in [0, 0.05) is 43.5 Å². The van der Waals surface area contributed by atoms with Crippen LogP contribution in [-0.4, -0.2) is 55.7 Å². The lowest BCUT2D eigenvalue weighted by molar-refractivity contribution is -0.143. The van der Waals surface area contributed by atoms with E-state index in [1.165, 1.54) is 11.3 Å². The number of aromatic nitrogens is 1. The second-order valence-electron chi connectivity index (χ2n) is 9.81. The minimum atomic E-state index is -2.64. The van der Waals surface area contributed by atoms with Crippen molar-refractivity contribution in [3.05, 3.63) is 35.0 Å². The van der Waals surface area contributed by atoms with Crippen molar-refractivity contribution in [3.8, 4) is 10.4 Å². The molecule has 2 saturated carbocycles. The Bertz CT molecular complexity index is 1040. The van der Waals surface area contributed by atoms with Gasteiger partial charge in [-0.05, 0) is 30.5 Å². The number of halogens is 2. The molecule has 1 aliphatic heterocycles. The van der Waals surface area contributed by atoms with Crippen molar-refractivity contribution < 1.29 is 27.8 Å². The molecule has 3 aliphatic rings. The average Bonchev–Trinajstić information content (AvgIpc) is 3.22. The topological polar surface area (TPSA) is 93.9 Å². The van der Waals surface area contributed by atoms with Crippen molar-refractivity contribution in [2.45, 2.75) is 56.3 Å². The SMILES string of the molecule is O=C(O)[C@@H]1CCCC[C@H]1c1nc(C2CC(F)(F)C2)sc1-c1ccc(N2CCS(O)(O)CC2)cc1. The highest BCUT2D eigenvalue weighted by Gasteiger charge is 2.48. The second-order valence-corrected chi connectivity index (χ2v) is 13.3. The highest BCUT2D eigenvalue weighted by Crippen LogP contribution is 2.52. The normalized spacial score (nSPS) is 27.7. The van der Waals surface area contributed by atoms with Crippen LogP contribution in [0, 0.1) is 5.92 Å². The average molecular weight is 513 g/mol. The fraction of sp³-hybridized carbons (Fsp3) is 0.583. The largest absolute Gasteiger partial charge is 0.481 e. The second kappa shape index (κ2) is 9.04. The van der Waals surface area contributed by atoms with Gasteiger partial charge >= 0.3 is 5.97 Å². The molecular weight excluding hydrogens is 482 g/mol. The van der Waals surface area contributed by atoms with Crippen LogP contribution < -0.4 is 4.90 Å². The summed E-state index contributed by atoms with van der Waals surface area (Å²) in [7, 11) is -2.47. The zero-order chi connectivity index (χ0) is 24.1. The smallest absolute Gasteiger partial charge is 0.307 e. The van der Waals surface area contributed by atoms with Crippen molar-refractivity contribution in [1.29, 1.82) is 0 Å². The maximum Gasteiger partial charge on any atom is 0.307 e. The van der Waals surface area contributed by atoms with E-state index < -0.39 is 28.4 Å². The molecule has 10 heteroatoms. The molecule has 1 saturated heterocycles. The van der Waals surface area contributed by atoms with E-state index in [1.54, 1.807) is 0 Å². The van der Waals surface area contributed by atoms with E-state index in [2.05, 4.69) is 4.90 Å². The van der Waals surface area contributed by atoms with E-state index in [0.717, 1.165) is 41.1 Å². The number of anilines is 1. The molecule has 186 valence electrons. The van der Waals surface area contributed by atoms with Crippen molar-refractivity contribution in [2.75, 3.05) is 29.5 Å². The molecule has 0 radical (unpaired) electrons. The maximum atomic E-state index is 13.6. The molecule has 1 aromatic carbocycles. The molecule has 2 aromatic rings. The number of nitrogens with zero attached hydrogens (tertiary/aromatic N) is 2. The van der Waals surface area contributed by atoms with Crippen LogP contribution in [0.2, 0.25) is 0 Å². The lowest BCUT2D eigenvalue weighted by atomic mass is 9.76. The van der Waals surface area contributed by atoms with Gasteiger partial charge in [0.15, 0.2) is 0 Å². The first-order valence-corrected chi connectivity index (χ1v) is 14.5. The Morgan fingerprint density at radius 1 is 1.09 bits per heavy atom. The summed E-state index contributed by atoms with van der Waals surface area (Å²) in [4.78, 5) is 19.8. The van der Waals surface area contributed by atoms with Crippen LogP contribution in [-0.2, 0) is 4.79 Å². The summed E-state index contributed by atoms with van der Waals surface area (Å²) in [6, 6.07) is 7.94. The number of alkyl halides is 2. The Morgan fingerprint density at radius 2 is 1.74 bits per heavy atom. The summed E-state index contributed by atoms with van der Waals surface area (Å²) < 4.78 is 46.9. The quantitative estimate of drug-likeness (QED) is 0.438. The minimum absolute atomic E-state index is 0.195. The Labute approximate surface area is 203 Å². The van der Waals surface area contributed by atoms with Crippen LogP contribution in [0.25, 0.3) is 10.4 Å². The molecule has 0 amide bonds. The number of hydrogen-bond acceptors (Lipinski definition) is 6. The highest BCUT2D eigenvalue weighted by molar-refractivity contribution is 8.24. The number of hydrogen-bond donors (Lipinski definition) is 3. The Morgan fingerprint density at radius 3 is 2.35 bits per heavy atom. The van der Waals surface area contributed by atoms with Crippen LogP contribution in [0.5, 0.6) is 0 Å². The summed E-state index contributed by atoms with van der Waals surface area (Å²) in [5, 5.41) is 10.5. The monoisotopic (exact) mass is 512 g/mol. The predicted molar refractivity (Wildman–Crippen MR) is 132 cm³/mol. The highest BCUT2D eigenvalue weighted by atomic mass is 32.3. The standard InChI is InChI=1S/C24H30F2N2O4S2/c25-24(26)13-16(14-24)22-27-20(18-3-1-2-4-19(18)23(29)30)21(33-22)15-5-7-17(8-6-15)28-9-11-34(31,32)12-10-28/h5-8,16,18-19,31-32H,1-4,9-14H2,(H,29,30)/t18-,19-/m1/s1. The lowest BCUT2D eigenvalue weighted by Crippen LogP contribution is -2.38. The molecular formula is C24H30F2N2O4S2. The van der Waals surface area contributed by atoms with Crippen LogP contribution >= 0.6 is 21.9 Å². The van der Waals surface area contributed by atoms with Gasteiger partial charge in [0.1, 0.15) is 0 Å². The predicted octanol–water partition coefficient (Wildman–Crippen LogP) is 6.25. The van der Waals surface area contributed by atoms with Crippen molar-refractivity contribution in [3.63, 3.8) is 0 Å². The number of carboxylic acids is 1. The molecule has 3 N–H and O–H groups in total. The summed E-state index contributed by atoms with van der Waals surface area (Å²) in [5.74, 6) is -3.71. The lowest BCUT2D eigenvalue weighted by Gasteiger charge is -2.41. The molecule has 2 atom stereocenters. The first kappa shape index (κ1) is 24.0. The van der Waals surface area contributed by atoms with E-state index >= 15 is 0 Å².